The molecule has 0 saturated heterocycles. The second-order valence-corrected chi connectivity index (χ2v) is 7.69. The van der Waals surface area contributed by atoms with Crippen LogP contribution < -0.4 is 5.73 Å². The van der Waals surface area contributed by atoms with Crippen LogP contribution in [0.1, 0.15) is 30.4 Å². The summed E-state index contributed by atoms with van der Waals surface area (Å²) in [6.07, 6.45) is -0.697. The Morgan fingerprint density at radius 1 is 1.27 bits per heavy atom. The number of ether oxygens (including phenoxy) is 1. The Hall–Kier alpha value is -1.07. The van der Waals surface area contributed by atoms with Crippen LogP contribution in [-0.2, 0) is 17.5 Å². The molecule has 0 aliphatic heterocycles. The lowest BCUT2D eigenvalue weighted by molar-refractivity contribution is -0.137. The highest BCUT2D eigenvalue weighted by atomic mass is 19.4. The van der Waals surface area contributed by atoms with Crippen LogP contribution in [0.2, 0.25) is 0 Å². The average molecular weight is 309 g/mol. The molecular weight excluding hydrogens is 291 g/mol. The monoisotopic (exact) mass is 309 g/mol. The maximum absolute atomic E-state index is 12.7. The van der Waals surface area contributed by atoms with Crippen LogP contribution in [0.4, 0.5) is 13.2 Å². The topological polar surface area (TPSA) is 35.2 Å². The molecule has 118 valence electrons. The molecule has 5 heteroatoms. The van der Waals surface area contributed by atoms with Gasteiger partial charge in [0, 0.05) is 5.54 Å². The summed E-state index contributed by atoms with van der Waals surface area (Å²) >= 11 is 0. The van der Waals surface area contributed by atoms with Crippen LogP contribution in [0.3, 0.4) is 0 Å². The van der Waals surface area contributed by atoms with Gasteiger partial charge in [0.05, 0.1) is 18.8 Å². The first-order valence-electron chi connectivity index (χ1n) is 7.87. The van der Waals surface area contributed by atoms with E-state index in [1.54, 1.807) is 6.07 Å². The van der Waals surface area contributed by atoms with Crippen LogP contribution in [0.25, 0.3) is 0 Å². The Labute approximate surface area is 126 Å². The summed E-state index contributed by atoms with van der Waals surface area (Å²) in [6.45, 7) is 0.904. The molecule has 22 heavy (non-hydrogen) atoms. The van der Waals surface area contributed by atoms with Gasteiger partial charge in [-0.25, -0.2) is 0 Å². The molecule has 4 unspecified atom stereocenters. The molecule has 4 fully saturated rings. The fourth-order valence-corrected chi connectivity index (χ4v) is 5.84. The van der Waals surface area contributed by atoms with E-state index in [1.807, 2.05) is 0 Å². The number of halogens is 3. The van der Waals surface area contributed by atoms with E-state index in [0.29, 0.717) is 34.8 Å². The molecule has 0 radical (unpaired) electrons. The minimum absolute atomic E-state index is 0.169. The van der Waals surface area contributed by atoms with E-state index >= 15 is 0 Å². The average Bonchev–Trinajstić information content (AvgIpc) is 3.35. The van der Waals surface area contributed by atoms with E-state index < -0.39 is 11.7 Å². The fraction of sp³-hybridized carbons (Fsp3) is 0.647. The molecule has 4 aliphatic carbocycles. The molecule has 1 aromatic rings. The first kappa shape index (κ1) is 13.4. The first-order valence-corrected chi connectivity index (χ1v) is 7.87. The lowest BCUT2D eigenvalue weighted by Crippen LogP contribution is -2.21. The summed E-state index contributed by atoms with van der Waals surface area (Å²) in [6, 6.07) is 5.39. The second-order valence-electron chi connectivity index (χ2n) is 7.69. The summed E-state index contributed by atoms with van der Waals surface area (Å²) in [5.41, 5.74) is 7.39. The van der Waals surface area contributed by atoms with Gasteiger partial charge < -0.3 is 10.5 Å². The van der Waals surface area contributed by atoms with Crippen molar-refractivity contribution < 1.29 is 17.9 Å². The van der Waals surface area contributed by atoms with Gasteiger partial charge in [0.15, 0.2) is 0 Å². The normalized spacial score (nSPS) is 46.7. The number of alkyl halides is 3. The van der Waals surface area contributed by atoms with Crippen molar-refractivity contribution in [2.24, 2.45) is 28.4 Å². The third-order valence-electron chi connectivity index (χ3n) is 6.95. The van der Waals surface area contributed by atoms with E-state index in [9.17, 15) is 13.2 Å². The number of hydrogen-bond donors (Lipinski definition) is 1. The highest BCUT2D eigenvalue weighted by molar-refractivity contribution is 5.59. The van der Waals surface area contributed by atoms with Crippen molar-refractivity contribution in [3.05, 3.63) is 35.4 Å². The number of rotatable bonds is 4. The smallest absolute Gasteiger partial charge is 0.376 e. The summed E-state index contributed by atoms with van der Waals surface area (Å²) in [5.74, 6) is 1.28. The Morgan fingerprint density at radius 2 is 2.09 bits per heavy atom. The van der Waals surface area contributed by atoms with E-state index in [0.717, 1.165) is 12.5 Å². The molecule has 5 atom stereocenters. The first-order chi connectivity index (χ1) is 10.3. The summed E-state index contributed by atoms with van der Waals surface area (Å²) in [7, 11) is 0. The molecule has 1 aromatic carbocycles. The standard InChI is InChI=1S/C17H18F3NO/c18-17(19,20)12-3-1-2-10(4-12)7-22-8-11-5-14-9-16(14,21)15(14)6-13(11)15/h1-4,11,13H,5-9,21H2/t11-,13?,14?,15?,16?/m1/s1. The van der Waals surface area contributed by atoms with Crippen LogP contribution >= 0.6 is 0 Å². The number of nitrogens with two attached hydrogens (primary N) is 1. The highest BCUT2D eigenvalue weighted by Gasteiger charge is 3.07. The van der Waals surface area contributed by atoms with Gasteiger partial charge in [-0.05, 0) is 59.6 Å². The van der Waals surface area contributed by atoms with Crippen LogP contribution in [0.5, 0.6) is 0 Å². The van der Waals surface area contributed by atoms with Gasteiger partial charge in [0.2, 0.25) is 0 Å². The Balaban J connectivity index is 1.18. The lowest BCUT2D eigenvalue weighted by atomic mass is 10.00. The molecule has 4 saturated carbocycles. The predicted octanol–water partition coefficient (Wildman–Crippen LogP) is 3.35. The van der Waals surface area contributed by atoms with Gasteiger partial charge in [-0.1, -0.05) is 12.1 Å². The molecule has 5 rings (SSSR count). The molecule has 2 spiro atoms. The van der Waals surface area contributed by atoms with E-state index in [4.69, 9.17) is 10.5 Å². The van der Waals surface area contributed by atoms with E-state index in [2.05, 4.69) is 0 Å². The SMILES string of the molecule is NC12CC13C[C@H](COCc1cccc(C(F)(F)F)c1)C1CC123. The highest BCUT2D eigenvalue weighted by Crippen LogP contribution is 3.06. The maximum Gasteiger partial charge on any atom is 0.416 e. The summed E-state index contributed by atoms with van der Waals surface area (Å²) in [4.78, 5) is 0. The zero-order valence-corrected chi connectivity index (χ0v) is 12.1. The van der Waals surface area contributed by atoms with Gasteiger partial charge in [-0.3, -0.25) is 0 Å². The van der Waals surface area contributed by atoms with E-state index in [1.165, 1.54) is 25.0 Å². The number of hydrogen-bond acceptors (Lipinski definition) is 2. The Bertz CT molecular complexity index is 668. The maximum atomic E-state index is 12.7. The predicted molar refractivity (Wildman–Crippen MR) is 73.7 cm³/mol. The minimum atomic E-state index is -4.29. The molecule has 0 bridgehead atoms. The van der Waals surface area contributed by atoms with Gasteiger partial charge in [0.1, 0.15) is 0 Å². The third kappa shape index (κ3) is 1.32. The van der Waals surface area contributed by atoms with E-state index in [-0.39, 0.29) is 12.1 Å². The van der Waals surface area contributed by atoms with Gasteiger partial charge in [-0.2, -0.15) is 13.2 Å². The van der Waals surface area contributed by atoms with Gasteiger partial charge >= 0.3 is 6.18 Å². The zero-order valence-electron chi connectivity index (χ0n) is 12.1. The Kier molecular flexibility index (Phi) is 2.15. The van der Waals surface area contributed by atoms with Crippen LogP contribution in [0.15, 0.2) is 24.3 Å². The minimum Gasteiger partial charge on any atom is -0.376 e. The van der Waals surface area contributed by atoms with Crippen molar-refractivity contribution in [2.45, 2.75) is 37.6 Å². The zero-order chi connectivity index (χ0) is 15.4. The lowest BCUT2D eigenvalue weighted by Gasteiger charge is -2.15. The summed E-state index contributed by atoms with van der Waals surface area (Å²) < 4.78 is 43.7. The fourth-order valence-electron chi connectivity index (χ4n) is 5.84. The molecule has 4 aliphatic rings. The van der Waals surface area contributed by atoms with Crippen molar-refractivity contribution in [1.82, 2.24) is 0 Å². The van der Waals surface area contributed by atoms with Crippen molar-refractivity contribution in [3.63, 3.8) is 0 Å². The molecule has 0 aromatic heterocycles. The second kappa shape index (κ2) is 3.54. The van der Waals surface area contributed by atoms with Crippen molar-refractivity contribution in [3.8, 4) is 0 Å². The molecule has 0 amide bonds. The molecule has 2 nitrogen and oxygen atoms in total. The van der Waals surface area contributed by atoms with Crippen molar-refractivity contribution in [2.75, 3.05) is 6.61 Å². The Morgan fingerprint density at radius 3 is 2.68 bits per heavy atom. The molecular formula is C17H18F3NO. The number of benzene rings is 1. The van der Waals surface area contributed by atoms with Crippen molar-refractivity contribution in [1.29, 1.82) is 0 Å². The molecule has 2 N–H and O–H groups in total. The quantitative estimate of drug-likeness (QED) is 0.926. The van der Waals surface area contributed by atoms with Crippen LogP contribution in [0, 0.1) is 22.7 Å². The summed E-state index contributed by atoms with van der Waals surface area (Å²) in [5, 5.41) is 0. The van der Waals surface area contributed by atoms with Crippen LogP contribution in [-0.4, -0.2) is 12.1 Å². The van der Waals surface area contributed by atoms with Gasteiger partial charge in [0.25, 0.3) is 0 Å². The van der Waals surface area contributed by atoms with Crippen molar-refractivity contribution >= 4 is 0 Å². The molecule has 0 heterocycles. The largest absolute Gasteiger partial charge is 0.416 e. The van der Waals surface area contributed by atoms with Gasteiger partial charge in [-0.15, -0.1) is 0 Å². The third-order valence-corrected chi connectivity index (χ3v) is 6.95.